The van der Waals surface area contributed by atoms with Crippen LogP contribution in [0.15, 0.2) is 36.8 Å². The average Bonchev–Trinajstić information content (AvgIpc) is 3.20. The maximum absolute atomic E-state index is 12.2. The second-order valence-corrected chi connectivity index (χ2v) is 5.28. The molecular formula is C15H18N4O. The number of hydrogen-bond donors (Lipinski definition) is 1. The minimum atomic E-state index is 0.00333. The molecule has 1 aliphatic carbocycles. The summed E-state index contributed by atoms with van der Waals surface area (Å²) in [6.45, 7) is 0. The van der Waals surface area contributed by atoms with Crippen LogP contribution in [0.3, 0.4) is 0 Å². The molecule has 0 aromatic carbocycles. The zero-order chi connectivity index (χ0) is 13.9. The molecule has 0 aliphatic heterocycles. The topological polar surface area (TPSA) is 59.8 Å². The number of rotatable bonds is 5. The Bertz CT molecular complexity index is 589. The molecule has 5 nitrogen and oxygen atoms in total. The van der Waals surface area contributed by atoms with Crippen LogP contribution < -0.4 is 5.32 Å². The number of pyridine rings is 1. The molecular weight excluding hydrogens is 252 g/mol. The van der Waals surface area contributed by atoms with E-state index in [0.717, 1.165) is 24.4 Å². The lowest BCUT2D eigenvalue weighted by Gasteiger charge is -2.18. The number of nitrogens with one attached hydrogen (secondary N) is 1. The fourth-order valence-electron chi connectivity index (χ4n) is 2.39. The summed E-state index contributed by atoms with van der Waals surface area (Å²) in [6.07, 6.45) is 8.02. The summed E-state index contributed by atoms with van der Waals surface area (Å²) >= 11 is 0. The van der Waals surface area contributed by atoms with E-state index >= 15 is 0 Å². The minimum absolute atomic E-state index is 0.00333. The molecule has 1 unspecified atom stereocenters. The number of hydrogen-bond acceptors (Lipinski definition) is 3. The Morgan fingerprint density at radius 1 is 1.40 bits per heavy atom. The third-order valence-electron chi connectivity index (χ3n) is 3.61. The van der Waals surface area contributed by atoms with Crippen LogP contribution in [0.2, 0.25) is 0 Å². The van der Waals surface area contributed by atoms with E-state index in [0.29, 0.717) is 12.3 Å². The molecule has 5 heteroatoms. The summed E-state index contributed by atoms with van der Waals surface area (Å²) in [5.41, 5.74) is 0.791. The quantitative estimate of drug-likeness (QED) is 0.898. The first-order chi connectivity index (χ1) is 9.74. The Hall–Kier alpha value is -2.17. The van der Waals surface area contributed by atoms with Gasteiger partial charge in [0, 0.05) is 31.3 Å². The van der Waals surface area contributed by atoms with Crippen LogP contribution in [0.4, 0.5) is 0 Å². The number of aromatic nitrogens is 3. The van der Waals surface area contributed by atoms with E-state index < -0.39 is 0 Å². The van der Waals surface area contributed by atoms with Crippen LogP contribution in [0.25, 0.3) is 0 Å². The lowest BCUT2D eigenvalue weighted by molar-refractivity contribution is -0.121. The summed E-state index contributed by atoms with van der Waals surface area (Å²) in [5.74, 6) is 1.45. The highest BCUT2D eigenvalue weighted by Gasteiger charge is 2.35. The minimum Gasteiger partial charge on any atom is -0.346 e. The molecule has 1 aliphatic rings. The number of carbonyl (C=O) groups is 1. The summed E-state index contributed by atoms with van der Waals surface area (Å²) in [5, 5.41) is 3.11. The van der Waals surface area contributed by atoms with Crippen LogP contribution >= 0.6 is 0 Å². The Morgan fingerprint density at radius 2 is 2.25 bits per heavy atom. The molecule has 0 radical (unpaired) electrons. The van der Waals surface area contributed by atoms with Crippen molar-refractivity contribution in [3.63, 3.8) is 0 Å². The maximum Gasteiger partial charge on any atom is 0.226 e. The van der Waals surface area contributed by atoms with E-state index in [2.05, 4.69) is 15.3 Å². The van der Waals surface area contributed by atoms with Crippen molar-refractivity contribution < 1.29 is 4.79 Å². The van der Waals surface area contributed by atoms with Crippen molar-refractivity contribution in [2.75, 3.05) is 0 Å². The Kier molecular flexibility index (Phi) is 3.50. The summed E-state index contributed by atoms with van der Waals surface area (Å²) < 4.78 is 1.98. The first kappa shape index (κ1) is 12.8. The standard InChI is InChI=1S/C15H18N4O/c1-19-9-8-17-15(19)14(11-5-6-11)18-13(20)10-12-4-2-3-7-16-12/h2-4,7-9,11,14H,5-6,10H2,1H3,(H,18,20). The zero-order valence-electron chi connectivity index (χ0n) is 11.5. The Morgan fingerprint density at radius 3 is 2.85 bits per heavy atom. The van der Waals surface area contributed by atoms with Crippen molar-refractivity contribution in [3.05, 3.63) is 48.3 Å². The second-order valence-electron chi connectivity index (χ2n) is 5.28. The molecule has 3 rings (SSSR count). The predicted octanol–water partition coefficient (Wildman–Crippen LogP) is 1.63. The molecule has 0 bridgehead atoms. The average molecular weight is 270 g/mol. The fraction of sp³-hybridized carbons (Fsp3) is 0.400. The van der Waals surface area contributed by atoms with Gasteiger partial charge in [-0.05, 0) is 30.9 Å². The number of imidazole rings is 1. The third-order valence-corrected chi connectivity index (χ3v) is 3.61. The van der Waals surface area contributed by atoms with Gasteiger partial charge < -0.3 is 9.88 Å². The van der Waals surface area contributed by atoms with E-state index in [9.17, 15) is 4.79 Å². The molecule has 2 aromatic heterocycles. The second kappa shape index (κ2) is 5.45. The lowest BCUT2D eigenvalue weighted by Crippen LogP contribution is -2.32. The van der Waals surface area contributed by atoms with Crippen LogP contribution in [0, 0.1) is 5.92 Å². The van der Waals surface area contributed by atoms with E-state index in [-0.39, 0.29) is 11.9 Å². The van der Waals surface area contributed by atoms with Crippen LogP contribution in [0.5, 0.6) is 0 Å². The van der Waals surface area contributed by atoms with Crippen LogP contribution in [-0.4, -0.2) is 20.4 Å². The van der Waals surface area contributed by atoms with E-state index in [1.165, 1.54) is 0 Å². The van der Waals surface area contributed by atoms with Crippen LogP contribution in [-0.2, 0) is 18.3 Å². The van der Waals surface area contributed by atoms with Gasteiger partial charge in [0.1, 0.15) is 5.82 Å². The normalized spacial score (nSPS) is 15.8. The van der Waals surface area contributed by atoms with Gasteiger partial charge in [0.05, 0.1) is 12.5 Å². The lowest BCUT2D eigenvalue weighted by atomic mass is 10.1. The fourth-order valence-corrected chi connectivity index (χ4v) is 2.39. The van der Waals surface area contributed by atoms with Gasteiger partial charge in [-0.1, -0.05) is 6.07 Å². The first-order valence-corrected chi connectivity index (χ1v) is 6.90. The number of aryl methyl sites for hydroxylation is 1. The predicted molar refractivity (Wildman–Crippen MR) is 74.8 cm³/mol. The van der Waals surface area contributed by atoms with Gasteiger partial charge in [-0.2, -0.15) is 0 Å². The highest BCUT2D eigenvalue weighted by molar-refractivity contribution is 5.78. The van der Waals surface area contributed by atoms with Crippen LogP contribution in [0.1, 0.15) is 30.4 Å². The van der Waals surface area contributed by atoms with Crippen molar-refractivity contribution >= 4 is 5.91 Å². The third kappa shape index (κ3) is 2.87. The number of carbonyl (C=O) groups excluding carboxylic acids is 1. The molecule has 20 heavy (non-hydrogen) atoms. The van der Waals surface area contributed by atoms with Gasteiger partial charge in [-0.15, -0.1) is 0 Å². The maximum atomic E-state index is 12.2. The first-order valence-electron chi connectivity index (χ1n) is 6.90. The molecule has 2 heterocycles. The van der Waals surface area contributed by atoms with E-state index in [1.54, 1.807) is 12.4 Å². The van der Waals surface area contributed by atoms with E-state index in [4.69, 9.17) is 0 Å². The van der Waals surface area contributed by atoms with Crippen molar-refractivity contribution in [2.24, 2.45) is 13.0 Å². The van der Waals surface area contributed by atoms with Crippen molar-refractivity contribution in [3.8, 4) is 0 Å². The van der Waals surface area contributed by atoms with Gasteiger partial charge in [0.15, 0.2) is 0 Å². The van der Waals surface area contributed by atoms with Crippen molar-refractivity contribution in [1.29, 1.82) is 0 Å². The molecule has 1 atom stereocenters. The van der Waals surface area contributed by atoms with Gasteiger partial charge in [-0.25, -0.2) is 4.98 Å². The monoisotopic (exact) mass is 270 g/mol. The van der Waals surface area contributed by atoms with Crippen molar-refractivity contribution in [2.45, 2.75) is 25.3 Å². The molecule has 0 saturated heterocycles. The molecule has 2 aromatic rings. The number of nitrogens with zero attached hydrogens (tertiary/aromatic N) is 3. The van der Waals surface area contributed by atoms with E-state index in [1.807, 2.05) is 36.0 Å². The number of amides is 1. The Balaban J connectivity index is 1.68. The zero-order valence-corrected chi connectivity index (χ0v) is 11.5. The summed E-state index contributed by atoms with van der Waals surface area (Å²) in [7, 11) is 1.96. The largest absolute Gasteiger partial charge is 0.346 e. The van der Waals surface area contributed by atoms with Gasteiger partial charge in [0.2, 0.25) is 5.91 Å². The molecule has 1 fully saturated rings. The molecule has 0 spiro atoms. The molecule has 104 valence electrons. The van der Waals surface area contributed by atoms with Gasteiger partial charge in [0.25, 0.3) is 0 Å². The van der Waals surface area contributed by atoms with Gasteiger partial charge >= 0.3 is 0 Å². The smallest absolute Gasteiger partial charge is 0.226 e. The van der Waals surface area contributed by atoms with Crippen molar-refractivity contribution in [1.82, 2.24) is 19.9 Å². The highest BCUT2D eigenvalue weighted by Crippen LogP contribution is 2.40. The molecule has 1 amide bonds. The summed E-state index contributed by atoms with van der Waals surface area (Å²) in [6, 6.07) is 5.63. The van der Waals surface area contributed by atoms with Gasteiger partial charge in [-0.3, -0.25) is 9.78 Å². The Labute approximate surface area is 118 Å². The molecule has 1 saturated carbocycles. The summed E-state index contributed by atoms with van der Waals surface area (Å²) in [4.78, 5) is 20.7. The highest BCUT2D eigenvalue weighted by atomic mass is 16.1. The molecule has 1 N–H and O–H groups in total. The SMILES string of the molecule is Cn1ccnc1C(NC(=O)Cc1ccccn1)C1CC1.